The number of carbonyl (C=O) groups excluding carboxylic acids is 1. The second-order valence-corrected chi connectivity index (χ2v) is 7.36. The van der Waals surface area contributed by atoms with E-state index < -0.39 is 4.92 Å². The number of nitro groups is 1. The Hall–Kier alpha value is -3.73. The first-order valence-corrected chi connectivity index (χ1v) is 9.71. The van der Waals surface area contributed by atoms with Gasteiger partial charge < -0.3 is 4.74 Å². The lowest BCUT2D eigenvalue weighted by Crippen LogP contribution is -2.14. The van der Waals surface area contributed by atoms with E-state index >= 15 is 0 Å². The predicted octanol–water partition coefficient (Wildman–Crippen LogP) is 5.00. The van der Waals surface area contributed by atoms with Gasteiger partial charge in [-0.3, -0.25) is 10.1 Å². The van der Waals surface area contributed by atoms with E-state index in [-0.39, 0.29) is 17.1 Å². The summed E-state index contributed by atoms with van der Waals surface area (Å²) in [6.07, 6.45) is 1.10. The van der Waals surface area contributed by atoms with Crippen LogP contribution in [0.4, 0.5) is 5.69 Å². The summed E-state index contributed by atoms with van der Waals surface area (Å²) in [4.78, 5) is 23.2. The molecule has 0 bridgehead atoms. The molecule has 0 saturated heterocycles. The van der Waals surface area contributed by atoms with Crippen LogP contribution in [-0.4, -0.2) is 18.0 Å². The van der Waals surface area contributed by atoms with Gasteiger partial charge in [0.25, 0.3) is 5.69 Å². The van der Waals surface area contributed by atoms with Crippen molar-refractivity contribution >= 4 is 11.7 Å². The zero-order chi connectivity index (χ0) is 21.1. The van der Waals surface area contributed by atoms with Gasteiger partial charge >= 0.3 is 5.97 Å². The smallest absolute Gasteiger partial charge is 0.334 e. The Morgan fingerprint density at radius 1 is 0.933 bits per heavy atom. The van der Waals surface area contributed by atoms with E-state index in [1.54, 1.807) is 12.1 Å². The molecule has 0 atom stereocenters. The Balaban J connectivity index is 1.80. The molecule has 5 heteroatoms. The number of ether oxygens (including phenoxy) is 1. The molecule has 0 heterocycles. The maximum absolute atomic E-state index is 12.7. The van der Waals surface area contributed by atoms with Gasteiger partial charge in [-0.15, -0.1) is 0 Å². The van der Waals surface area contributed by atoms with Crippen molar-refractivity contribution < 1.29 is 14.5 Å². The van der Waals surface area contributed by atoms with Crippen molar-refractivity contribution in [2.24, 2.45) is 0 Å². The molecule has 0 spiro atoms. The molecule has 0 aliphatic heterocycles. The first kappa shape index (κ1) is 19.6. The quantitative estimate of drug-likeness (QED) is 0.253. The van der Waals surface area contributed by atoms with Crippen LogP contribution in [-0.2, 0) is 21.4 Å². The number of rotatable bonds is 6. The van der Waals surface area contributed by atoms with Gasteiger partial charge in [-0.1, -0.05) is 72.8 Å². The van der Waals surface area contributed by atoms with E-state index in [2.05, 4.69) is 24.3 Å². The molecular formula is C25H21NO4. The summed E-state index contributed by atoms with van der Waals surface area (Å²) in [5.41, 5.74) is 4.42. The van der Waals surface area contributed by atoms with Crippen LogP contribution in [0.3, 0.4) is 0 Å². The Kier molecular flexibility index (Phi) is 5.19. The molecule has 0 N–H and O–H groups in total. The summed E-state index contributed by atoms with van der Waals surface area (Å²) >= 11 is 0. The summed E-state index contributed by atoms with van der Waals surface area (Å²) in [7, 11) is 1.38. The summed E-state index contributed by atoms with van der Waals surface area (Å²) in [6.45, 7) is 0. The summed E-state index contributed by atoms with van der Waals surface area (Å²) < 4.78 is 5.11. The third-order valence-electron chi connectivity index (χ3n) is 5.69. The molecule has 3 aromatic rings. The first-order valence-electron chi connectivity index (χ1n) is 9.71. The van der Waals surface area contributed by atoms with Gasteiger partial charge in [-0.2, -0.15) is 0 Å². The van der Waals surface area contributed by atoms with Crippen molar-refractivity contribution in [3.05, 3.63) is 123 Å². The Bertz CT molecular complexity index is 1060. The van der Waals surface area contributed by atoms with Crippen LogP contribution in [0.15, 0.2) is 96.1 Å². The minimum atomic E-state index is -0.430. The van der Waals surface area contributed by atoms with Crippen molar-refractivity contribution in [1.82, 2.24) is 0 Å². The lowest BCUT2D eigenvalue weighted by molar-refractivity contribution is -0.384. The molecule has 1 fully saturated rings. The number of allylic oxidation sites excluding steroid dienone is 1. The van der Waals surface area contributed by atoms with Crippen LogP contribution in [0.5, 0.6) is 0 Å². The number of nitrogens with zero attached hydrogens (tertiary/aromatic N) is 1. The van der Waals surface area contributed by atoms with Crippen LogP contribution in [0, 0.1) is 10.1 Å². The molecule has 0 unspecified atom stereocenters. The number of hydrogen-bond acceptors (Lipinski definition) is 4. The van der Waals surface area contributed by atoms with Crippen molar-refractivity contribution in [3.8, 4) is 0 Å². The molecule has 0 amide bonds. The lowest BCUT2D eigenvalue weighted by atomic mass is 9.86. The van der Waals surface area contributed by atoms with Crippen molar-refractivity contribution in [2.45, 2.75) is 18.3 Å². The van der Waals surface area contributed by atoms with Gasteiger partial charge in [0.05, 0.1) is 12.0 Å². The fourth-order valence-electron chi connectivity index (χ4n) is 4.11. The average molecular weight is 399 g/mol. The predicted molar refractivity (Wildman–Crippen MR) is 114 cm³/mol. The molecule has 30 heavy (non-hydrogen) atoms. The minimum absolute atomic E-state index is 0.0281. The average Bonchev–Trinajstić information content (AvgIpc) is 3.55. The SMILES string of the molecule is COC(=O)/C(Cc1ccc([N+](=O)[O-])cc1)=C1/CC1(c1ccccc1)c1ccccc1. The Morgan fingerprint density at radius 3 is 1.93 bits per heavy atom. The summed E-state index contributed by atoms with van der Waals surface area (Å²) in [5, 5.41) is 10.9. The fourth-order valence-corrected chi connectivity index (χ4v) is 4.11. The summed E-state index contributed by atoms with van der Waals surface area (Å²) in [5.74, 6) is -0.364. The number of non-ortho nitro benzene ring substituents is 1. The molecule has 1 saturated carbocycles. The zero-order valence-corrected chi connectivity index (χ0v) is 16.6. The number of methoxy groups -OCH3 is 1. The van der Waals surface area contributed by atoms with Crippen LogP contribution >= 0.6 is 0 Å². The van der Waals surface area contributed by atoms with E-state index in [9.17, 15) is 14.9 Å². The minimum Gasteiger partial charge on any atom is -0.466 e. The maximum Gasteiger partial charge on any atom is 0.334 e. The number of hydrogen-bond donors (Lipinski definition) is 0. The highest BCUT2D eigenvalue weighted by molar-refractivity contribution is 5.92. The zero-order valence-electron chi connectivity index (χ0n) is 16.6. The van der Waals surface area contributed by atoms with Gasteiger partial charge in [-0.05, 0) is 28.7 Å². The molecule has 0 aromatic heterocycles. The molecule has 5 nitrogen and oxygen atoms in total. The molecule has 0 radical (unpaired) electrons. The highest BCUT2D eigenvalue weighted by Crippen LogP contribution is 2.60. The number of nitro benzene ring substituents is 1. The van der Waals surface area contributed by atoms with Gasteiger partial charge in [0.1, 0.15) is 0 Å². The van der Waals surface area contributed by atoms with Gasteiger partial charge in [0.2, 0.25) is 0 Å². The molecule has 1 aliphatic rings. The third-order valence-corrected chi connectivity index (χ3v) is 5.69. The van der Waals surface area contributed by atoms with Crippen LogP contribution in [0.2, 0.25) is 0 Å². The number of benzene rings is 3. The monoisotopic (exact) mass is 399 g/mol. The number of esters is 1. The Morgan fingerprint density at radius 2 is 1.47 bits per heavy atom. The van der Waals surface area contributed by atoms with E-state index in [4.69, 9.17) is 4.74 Å². The number of carbonyl (C=O) groups is 1. The topological polar surface area (TPSA) is 69.4 Å². The molecule has 3 aromatic carbocycles. The maximum atomic E-state index is 12.7. The Labute approximate surface area is 174 Å². The normalized spacial score (nSPS) is 15.9. The standard InChI is InChI=1S/C25H21NO4/c1-30-24(27)22(16-18-12-14-21(15-13-18)26(28)29)23-17-25(23,19-8-4-2-5-9-19)20-10-6-3-7-11-20/h2-15H,16-17H2,1H3/b23-22-. The van der Waals surface area contributed by atoms with Gasteiger partial charge in [0, 0.05) is 29.5 Å². The second kappa shape index (κ2) is 7.95. The van der Waals surface area contributed by atoms with Crippen LogP contribution in [0.25, 0.3) is 0 Å². The first-order chi connectivity index (χ1) is 14.6. The van der Waals surface area contributed by atoms with Gasteiger partial charge in [-0.25, -0.2) is 4.79 Å². The van der Waals surface area contributed by atoms with E-state index in [1.165, 1.54) is 19.2 Å². The highest BCUT2D eigenvalue weighted by atomic mass is 16.6. The van der Waals surface area contributed by atoms with Crippen LogP contribution < -0.4 is 0 Å². The van der Waals surface area contributed by atoms with Crippen molar-refractivity contribution in [2.75, 3.05) is 7.11 Å². The molecular weight excluding hydrogens is 378 g/mol. The molecule has 1 aliphatic carbocycles. The summed E-state index contributed by atoms with van der Waals surface area (Å²) in [6, 6.07) is 26.6. The van der Waals surface area contributed by atoms with E-state index in [1.807, 2.05) is 36.4 Å². The molecule has 150 valence electrons. The largest absolute Gasteiger partial charge is 0.466 e. The van der Waals surface area contributed by atoms with E-state index in [0.29, 0.717) is 12.0 Å². The van der Waals surface area contributed by atoms with E-state index in [0.717, 1.165) is 28.7 Å². The lowest BCUT2D eigenvalue weighted by Gasteiger charge is -2.17. The van der Waals surface area contributed by atoms with Crippen LogP contribution in [0.1, 0.15) is 23.1 Å². The van der Waals surface area contributed by atoms with Crippen molar-refractivity contribution in [3.63, 3.8) is 0 Å². The highest BCUT2D eigenvalue weighted by Gasteiger charge is 2.53. The van der Waals surface area contributed by atoms with Gasteiger partial charge in [0.15, 0.2) is 0 Å². The molecule has 4 rings (SSSR count). The fraction of sp³-hybridized carbons (Fsp3) is 0.160. The second-order valence-electron chi connectivity index (χ2n) is 7.36. The third kappa shape index (κ3) is 3.50. The van der Waals surface area contributed by atoms with Crippen molar-refractivity contribution in [1.29, 1.82) is 0 Å².